The minimum atomic E-state index is 0.671. The summed E-state index contributed by atoms with van der Waals surface area (Å²) in [7, 11) is 5.43. The lowest BCUT2D eigenvalue weighted by molar-refractivity contribution is 0.415. The Morgan fingerprint density at radius 3 is 2.59 bits per heavy atom. The summed E-state index contributed by atoms with van der Waals surface area (Å²) < 4.78 is 6.91. The molecule has 0 aliphatic carbocycles. The molecule has 0 bridgehead atoms. The van der Waals surface area contributed by atoms with E-state index >= 15 is 0 Å². The fraction of sp³-hybridized carbons (Fsp3) is 0.333. The van der Waals surface area contributed by atoms with Crippen LogP contribution in [0.5, 0.6) is 5.75 Å². The summed E-state index contributed by atoms with van der Waals surface area (Å²) in [6, 6.07) is 7.79. The third-order valence-electron chi connectivity index (χ3n) is 2.49. The van der Waals surface area contributed by atoms with Crippen molar-refractivity contribution in [2.75, 3.05) is 14.2 Å². The van der Waals surface area contributed by atoms with Crippen LogP contribution in [-0.4, -0.2) is 28.9 Å². The molecule has 5 heteroatoms. The molecule has 0 saturated carbocycles. The Kier molecular flexibility index (Phi) is 3.39. The van der Waals surface area contributed by atoms with E-state index in [0.717, 1.165) is 23.0 Å². The number of rotatable bonds is 4. The first-order valence-corrected chi connectivity index (χ1v) is 5.43. The summed E-state index contributed by atoms with van der Waals surface area (Å²) in [6.45, 7) is 0.671. The number of hydrogen-bond acceptors (Lipinski definition) is 4. The molecule has 5 nitrogen and oxygen atoms in total. The van der Waals surface area contributed by atoms with Crippen molar-refractivity contribution < 1.29 is 4.74 Å². The summed E-state index contributed by atoms with van der Waals surface area (Å²) in [5.74, 6) is 2.49. The number of nitrogens with one attached hydrogen (secondary N) is 1. The molecule has 0 aliphatic rings. The highest BCUT2D eigenvalue weighted by molar-refractivity contribution is 5.56. The first kappa shape index (κ1) is 11.6. The third-order valence-corrected chi connectivity index (χ3v) is 2.49. The van der Waals surface area contributed by atoms with Crippen molar-refractivity contribution in [3.05, 3.63) is 30.1 Å². The highest BCUT2D eigenvalue weighted by Gasteiger charge is 2.08. The van der Waals surface area contributed by atoms with Crippen LogP contribution in [-0.2, 0) is 13.6 Å². The Morgan fingerprint density at radius 2 is 2.00 bits per heavy atom. The van der Waals surface area contributed by atoms with Gasteiger partial charge in [0.1, 0.15) is 5.75 Å². The van der Waals surface area contributed by atoms with E-state index < -0.39 is 0 Å². The monoisotopic (exact) mass is 232 g/mol. The van der Waals surface area contributed by atoms with Crippen molar-refractivity contribution in [2.45, 2.75) is 6.54 Å². The number of aryl methyl sites for hydroxylation is 1. The van der Waals surface area contributed by atoms with Crippen LogP contribution < -0.4 is 10.1 Å². The van der Waals surface area contributed by atoms with E-state index in [4.69, 9.17) is 4.74 Å². The molecule has 0 saturated heterocycles. The molecule has 1 aromatic heterocycles. The zero-order valence-electron chi connectivity index (χ0n) is 10.3. The zero-order chi connectivity index (χ0) is 12.3. The fourth-order valence-corrected chi connectivity index (χ4v) is 1.66. The van der Waals surface area contributed by atoms with Gasteiger partial charge in [-0.05, 0) is 31.3 Å². The van der Waals surface area contributed by atoms with E-state index in [0.29, 0.717) is 6.54 Å². The summed E-state index contributed by atoms with van der Waals surface area (Å²) in [5, 5.41) is 7.37. The van der Waals surface area contributed by atoms with Crippen molar-refractivity contribution in [1.82, 2.24) is 20.1 Å². The zero-order valence-corrected chi connectivity index (χ0v) is 10.3. The highest BCUT2D eigenvalue weighted by atomic mass is 16.5. The van der Waals surface area contributed by atoms with Crippen molar-refractivity contribution in [3.63, 3.8) is 0 Å². The van der Waals surface area contributed by atoms with Crippen molar-refractivity contribution in [2.24, 2.45) is 7.05 Å². The Balaban J connectivity index is 2.31. The highest BCUT2D eigenvalue weighted by Crippen LogP contribution is 2.20. The topological polar surface area (TPSA) is 52.0 Å². The van der Waals surface area contributed by atoms with Gasteiger partial charge in [-0.25, -0.2) is 9.67 Å². The van der Waals surface area contributed by atoms with Gasteiger partial charge in [0.15, 0.2) is 11.6 Å². The number of benzene rings is 1. The van der Waals surface area contributed by atoms with Crippen LogP contribution >= 0.6 is 0 Å². The van der Waals surface area contributed by atoms with Gasteiger partial charge < -0.3 is 10.1 Å². The Bertz CT molecular complexity index is 490. The van der Waals surface area contributed by atoms with Crippen molar-refractivity contribution in [3.8, 4) is 17.1 Å². The molecule has 1 aromatic carbocycles. The number of nitrogens with zero attached hydrogens (tertiary/aromatic N) is 3. The molecular formula is C12H16N4O. The number of hydrogen-bond donors (Lipinski definition) is 1. The van der Waals surface area contributed by atoms with Gasteiger partial charge in [0.2, 0.25) is 0 Å². The molecule has 2 rings (SSSR count). The van der Waals surface area contributed by atoms with Gasteiger partial charge in [-0.15, -0.1) is 0 Å². The first-order chi connectivity index (χ1) is 8.24. The molecule has 17 heavy (non-hydrogen) atoms. The fourth-order valence-electron chi connectivity index (χ4n) is 1.66. The van der Waals surface area contributed by atoms with Crippen LogP contribution in [0.3, 0.4) is 0 Å². The summed E-state index contributed by atoms with van der Waals surface area (Å²) in [4.78, 5) is 4.47. The second-order valence-corrected chi connectivity index (χ2v) is 3.73. The lowest BCUT2D eigenvalue weighted by atomic mass is 10.2. The standard InChI is InChI=1S/C12H16N4O/c1-13-8-11-14-12(16(2)15-11)9-4-6-10(17-3)7-5-9/h4-7,13H,8H2,1-3H3. The van der Waals surface area contributed by atoms with E-state index in [-0.39, 0.29) is 0 Å². The summed E-state index contributed by atoms with van der Waals surface area (Å²) >= 11 is 0. The Hall–Kier alpha value is -1.88. The van der Waals surface area contributed by atoms with Gasteiger partial charge in [-0.2, -0.15) is 5.10 Å². The maximum Gasteiger partial charge on any atom is 0.165 e. The maximum atomic E-state index is 5.13. The van der Waals surface area contributed by atoms with Gasteiger partial charge in [0.05, 0.1) is 13.7 Å². The molecule has 0 spiro atoms. The van der Waals surface area contributed by atoms with Crippen LogP contribution in [0.2, 0.25) is 0 Å². The van der Waals surface area contributed by atoms with E-state index in [1.165, 1.54) is 0 Å². The normalized spacial score (nSPS) is 10.5. The van der Waals surface area contributed by atoms with E-state index in [1.54, 1.807) is 11.8 Å². The molecule has 1 heterocycles. The molecule has 0 amide bonds. The lowest BCUT2D eigenvalue weighted by Gasteiger charge is -2.02. The molecule has 0 aliphatic heterocycles. The molecule has 1 N–H and O–H groups in total. The second kappa shape index (κ2) is 4.97. The third kappa shape index (κ3) is 2.45. The summed E-state index contributed by atoms with van der Waals surface area (Å²) in [5.41, 5.74) is 1.03. The van der Waals surface area contributed by atoms with Crippen LogP contribution in [0.4, 0.5) is 0 Å². The average molecular weight is 232 g/mol. The largest absolute Gasteiger partial charge is 0.497 e. The number of methoxy groups -OCH3 is 1. The predicted octanol–water partition coefficient (Wildman–Crippen LogP) is 1.21. The van der Waals surface area contributed by atoms with Gasteiger partial charge in [0, 0.05) is 12.6 Å². The van der Waals surface area contributed by atoms with Gasteiger partial charge in [-0.3, -0.25) is 0 Å². The molecule has 0 fully saturated rings. The minimum absolute atomic E-state index is 0.671. The predicted molar refractivity (Wildman–Crippen MR) is 65.8 cm³/mol. The average Bonchev–Trinajstić information content (AvgIpc) is 2.71. The number of aromatic nitrogens is 3. The minimum Gasteiger partial charge on any atom is -0.497 e. The van der Waals surface area contributed by atoms with E-state index in [9.17, 15) is 0 Å². The Morgan fingerprint density at radius 1 is 1.29 bits per heavy atom. The second-order valence-electron chi connectivity index (χ2n) is 3.73. The lowest BCUT2D eigenvalue weighted by Crippen LogP contribution is -2.06. The molecule has 0 radical (unpaired) electrons. The molecule has 0 atom stereocenters. The molecular weight excluding hydrogens is 216 g/mol. The van der Waals surface area contributed by atoms with Crippen LogP contribution in [0.15, 0.2) is 24.3 Å². The first-order valence-electron chi connectivity index (χ1n) is 5.43. The van der Waals surface area contributed by atoms with Gasteiger partial charge >= 0.3 is 0 Å². The molecule has 90 valence electrons. The SMILES string of the molecule is CNCc1nc(-c2ccc(OC)cc2)n(C)n1. The quantitative estimate of drug-likeness (QED) is 0.861. The van der Waals surface area contributed by atoms with Crippen LogP contribution in [0.1, 0.15) is 5.82 Å². The summed E-state index contributed by atoms with van der Waals surface area (Å²) in [6.07, 6.45) is 0. The smallest absolute Gasteiger partial charge is 0.165 e. The van der Waals surface area contributed by atoms with Crippen molar-refractivity contribution >= 4 is 0 Å². The van der Waals surface area contributed by atoms with Crippen LogP contribution in [0, 0.1) is 0 Å². The van der Waals surface area contributed by atoms with E-state index in [2.05, 4.69) is 15.4 Å². The maximum absolute atomic E-state index is 5.13. The Labute approximate surface area is 100 Å². The van der Waals surface area contributed by atoms with Crippen molar-refractivity contribution in [1.29, 1.82) is 0 Å². The van der Waals surface area contributed by atoms with Gasteiger partial charge in [0.25, 0.3) is 0 Å². The molecule has 0 unspecified atom stereocenters. The number of ether oxygens (including phenoxy) is 1. The van der Waals surface area contributed by atoms with Crippen LogP contribution in [0.25, 0.3) is 11.4 Å². The van der Waals surface area contributed by atoms with E-state index in [1.807, 2.05) is 38.4 Å². The molecule has 2 aromatic rings. The van der Waals surface area contributed by atoms with Gasteiger partial charge in [-0.1, -0.05) is 0 Å².